The molecule has 0 spiro atoms. The fourth-order valence-electron chi connectivity index (χ4n) is 1.99. The number of hydrogen-bond donors (Lipinski definition) is 1. The maximum Gasteiger partial charge on any atom is 0.135 e. The summed E-state index contributed by atoms with van der Waals surface area (Å²) in [7, 11) is 0. The first-order valence-corrected chi connectivity index (χ1v) is 6.86. The van der Waals surface area contributed by atoms with E-state index in [9.17, 15) is 0 Å². The highest BCUT2D eigenvalue weighted by atomic mass is 35.5. The molecular weight excluding hydrogens is 272 g/mol. The number of aryl methyl sites for hydroxylation is 1. The van der Waals surface area contributed by atoms with Gasteiger partial charge in [0.1, 0.15) is 16.8 Å². The SMILES string of the molecule is Cc1ccc(C#N)cc1Nc1cc(Cl)nc(C2CC2)n1. The van der Waals surface area contributed by atoms with Crippen molar-refractivity contribution in [2.24, 2.45) is 0 Å². The van der Waals surface area contributed by atoms with Crippen LogP contribution in [0.3, 0.4) is 0 Å². The van der Waals surface area contributed by atoms with Gasteiger partial charge >= 0.3 is 0 Å². The summed E-state index contributed by atoms with van der Waals surface area (Å²) >= 11 is 6.04. The fraction of sp³-hybridized carbons (Fsp3) is 0.267. The van der Waals surface area contributed by atoms with E-state index < -0.39 is 0 Å². The Labute approximate surface area is 122 Å². The van der Waals surface area contributed by atoms with Gasteiger partial charge in [-0.05, 0) is 37.5 Å². The van der Waals surface area contributed by atoms with Crippen LogP contribution in [0.2, 0.25) is 5.15 Å². The summed E-state index contributed by atoms with van der Waals surface area (Å²) in [5, 5.41) is 12.6. The summed E-state index contributed by atoms with van der Waals surface area (Å²) in [6, 6.07) is 9.34. The average molecular weight is 285 g/mol. The van der Waals surface area contributed by atoms with Crippen molar-refractivity contribution in [3.8, 4) is 6.07 Å². The first kappa shape index (κ1) is 12.9. The lowest BCUT2D eigenvalue weighted by Gasteiger charge is -2.10. The van der Waals surface area contributed by atoms with Gasteiger partial charge in [0.05, 0.1) is 11.6 Å². The van der Waals surface area contributed by atoms with Crippen molar-refractivity contribution < 1.29 is 0 Å². The lowest BCUT2D eigenvalue weighted by Crippen LogP contribution is -2.01. The Kier molecular flexibility index (Phi) is 3.29. The molecule has 0 amide bonds. The van der Waals surface area contributed by atoms with Gasteiger partial charge in [0, 0.05) is 17.7 Å². The van der Waals surface area contributed by atoms with Gasteiger partial charge in [-0.25, -0.2) is 9.97 Å². The van der Waals surface area contributed by atoms with Gasteiger partial charge in [0.15, 0.2) is 0 Å². The molecule has 1 aliphatic rings. The molecule has 1 aromatic carbocycles. The molecule has 4 nitrogen and oxygen atoms in total. The molecule has 1 aromatic heterocycles. The zero-order chi connectivity index (χ0) is 14.1. The molecule has 5 heteroatoms. The topological polar surface area (TPSA) is 61.6 Å². The van der Waals surface area contributed by atoms with Crippen LogP contribution in [0.15, 0.2) is 24.3 Å². The van der Waals surface area contributed by atoms with Crippen LogP contribution in [0.25, 0.3) is 0 Å². The molecule has 1 fully saturated rings. The highest BCUT2D eigenvalue weighted by molar-refractivity contribution is 6.29. The number of nitriles is 1. The Bertz CT molecular complexity index is 702. The molecule has 2 aromatic rings. The van der Waals surface area contributed by atoms with Gasteiger partial charge in [0.25, 0.3) is 0 Å². The smallest absolute Gasteiger partial charge is 0.135 e. The van der Waals surface area contributed by atoms with E-state index in [0.29, 0.717) is 22.5 Å². The lowest BCUT2D eigenvalue weighted by molar-refractivity contribution is 0.930. The van der Waals surface area contributed by atoms with E-state index in [4.69, 9.17) is 16.9 Å². The van der Waals surface area contributed by atoms with Crippen molar-refractivity contribution in [3.63, 3.8) is 0 Å². The number of anilines is 2. The predicted molar refractivity (Wildman–Crippen MR) is 78.2 cm³/mol. The first-order valence-electron chi connectivity index (χ1n) is 6.48. The normalized spacial score (nSPS) is 13.8. The van der Waals surface area contributed by atoms with Crippen molar-refractivity contribution >= 4 is 23.1 Å². The number of hydrogen-bond acceptors (Lipinski definition) is 4. The van der Waals surface area contributed by atoms with Crippen LogP contribution in [-0.2, 0) is 0 Å². The molecule has 20 heavy (non-hydrogen) atoms. The van der Waals surface area contributed by atoms with Gasteiger partial charge in [-0.15, -0.1) is 0 Å². The zero-order valence-electron chi connectivity index (χ0n) is 11.0. The third-order valence-corrected chi connectivity index (χ3v) is 3.48. The maximum absolute atomic E-state index is 8.96. The summed E-state index contributed by atoms with van der Waals surface area (Å²) in [5.41, 5.74) is 2.52. The van der Waals surface area contributed by atoms with E-state index in [1.54, 1.807) is 12.1 Å². The van der Waals surface area contributed by atoms with Crippen LogP contribution in [-0.4, -0.2) is 9.97 Å². The van der Waals surface area contributed by atoms with Gasteiger partial charge < -0.3 is 5.32 Å². The third kappa shape index (κ3) is 2.73. The summed E-state index contributed by atoms with van der Waals surface area (Å²) in [5.74, 6) is 1.92. The summed E-state index contributed by atoms with van der Waals surface area (Å²) in [6.07, 6.45) is 2.26. The Morgan fingerprint density at radius 3 is 2.80 bits per heavy atom. The number of aromatic nitrogens is 2. The monoisotopic (exact) mass is 284 g/mol. The molecule has 1 N–H and O–H groups in total. The summed E-state index contributed by atoms with van der Waals surface area (Å²) in [4.78, 5) is 8.75. The fourth-order valence-corrected chi connectivity index (χ4v) is 2.18. The second kappa shape index (κ2) is 5.10. The number of halogens is 1. The van der Waals surface area contributed by atoms with E-state index in [-0.39, 0.29) is 0 Å². The van der Waals surface area contributed by atoms with Crippen molar-refractivity contribution in [2.75, 3.05) is 5.32 Å². The number of nitrogens with one attached hydrogen (secondary N) is 1. The van der Waals surface area contributed by atoms with Crippen LogP contribution < -0.4 is 5.32 Å². The predicted octanol–water partition coefficient (Wildman–Crippen LogP) is 3.93. The molecule has 1 heterocycles. The number of benzene rings is 1. The van der Waals surface area contributed by atoms with Gasteiger partial charge in [-0.2, -0.15) is 5.26 Å². The largest absolute Gasteiger partial charge is 0.340 e. The number of nitrogens with zero attached hydrogens (tertiary/aromatic N) is 3. The second-order valence-corrected chi connectivity index (χ2v) is 5.36. The quantitative estimate of drug-likeness (QED) is 0.868. The Hall–Kier alpha value is -2.12. The molecule has 0 bridgehead atoms. The van der Waals surface area contributed by atoms with Crippen molar-refractivity contribution in [3.05, 3.63) is 46.4 Å². The van der Waals surface area contributed by atoms with E-state index in [2.05, 4.69) is 21.4 Å². The average Bonchev–Trinajstić information content (AvgIpc) is 3.25. The standard InChI is InChI=1S/C15H13ClN4/c1-9-2-3-10(8-17)6-12(9)18-14-7-13(16)19-15(20-14)11-4-5-11/h2-3,6-7,11H,4-5H2,1H3,(H,18,19,20). The highest BCUT2D eigenvalue weighted by Gasteiger charge is 2.27. The van der Waals surface area contributed by atoms with Crippen molar-refractivity contribution in [1.29, 1.82) is 5.26 Å². The summed E-state index contributed by atoms with van der Waals surface area (Å²) < 4.78 is 0. The molecule has 3 rings (SSSR count). The molecular formula is C15H13ClN4. The molecule has 0 radical (unpaired) electrons. The van der Waals surface area contributed by atoms with Crippen LogP contribution in [0.1, 0.15) is 35.7 Å². The lowest BCUT2D eigenvalue weighted by atomic mass is 10.1. The minimum absolute atomic E-state index is 0.443. The molecule has 0 saturated heterocycles. The van der Waals surface area contributed by atoms with Gasteiger partial charge in [-0.3, -0.25) is 0 Å². The highest BCUT2D eigenvalue weighted by Crippen LogP contribution is 2.39. The Morgan fingerprint density at radius 2 is 2.10 bits per heavy atom. The molecule has 100 valence electrons. The van der Waals surface area contributed by atoms with E-state index in [0.717, 1.165) is 29.9 Å². The molecule has 0 unspecified atom stereocenters. The number of rotatable bonds is 3. The second-order valence-electron chi connectivity index (χ2n) is 4.97. The minimum Gasteiger partial charge on any atom is -0.340 e. The van der Waals surface area contributed by atoms with Crippen LogP contribution in [0.5, 0.6) is 0 Å². The maximum atomic E-state index is 8.96. The molecule has 0 atom stereocenters. The van der Waals surface area contributed by atoms with E-state index in [1.165, 1.54) is 0 Å². The third-order valence-electron chi connectivity index (χ3n) is 3.28. The van der Waals surface area contributed by atoms with Gasteiger partial charge in [-0.1, -0.05) is 17.7 Å². The van der Waals surface area contributed by atoms with Gasteiger partial charge in [0.2, 0.25) is 0 Å². The summed E-state index contributed by atoms with van der Waals surface area (Å²) in [6.45, 7) is 1.98. The van der Waals surface area contributed by atoms with Crippen LogP contribution >= 0.6 is 11.6 Å². The van der Waals surface area contributed by atoms with E-state index in [1.807, 2.05) is 19.1 Å². The molecule has 1 saturated carbocycles. The zero-order valence-corrected chi connectivity index (χ0v) is 11.8. The Morgan fingerprint density at radius 1 is 1.30 bits per heavy atom. The van der Waals surface area contributed by atoms with Crippen molar-refractivity contribution in [2.45, 2.75) is 25.7 Å². The van der Waals surface area contributed by atoms with Crippen LogP contribution in [0, 0.1) is 18.3 Å². The molecule has 0 aliphatic heterocycles. The van der Waals surface area contributed by atoms with Crippen LogP contribution in [0.4, 0.5) is 11.5 Å². The first-order chi connectivity index (χ1) is 9.65. The Balaban J connectivity index is 1.93. The minimum atomic E-state index is 0.443. The van der Waals surface area contributed by atoms with E-state index >= 15 is 0 Å². The molecule has 1 aliphatic carbocycles. The van der Waals surface area contributed by atoms with Crippen molar-refractivity contribution in [1.82, 2.24) is 9.97 Å².